The average molecular weight is 235 g/mol. The van der Waals surface area contributed by atoms with E-state index in [9.17, 15) is 0 Å². The van der Waals surface area contributed by atoms with Crippen molar-refractivity contribution in [2.75, 3.05) is 27.2 Å². The number of benzene rings is 1. The van der Waals surface area contributed by atoms with E-state index < -0.39 is 0 Å². The van der Waals surface area contributed by atoms with E-state index in [1.807, 2.05) is 0 Å². The third-order valence-electron chi connectivity index (χ3n) is 3.27. The van der Waals surface area contributed by atoms with E-state index >= 15 is 0 Å². The summed E-state index contributed by atoms with van der Waals surface area (Å²) in [5, 5.41) is 0. The highest BCUT2D eigenvalue weighted by molar-refractivity contribution is 5.38. The first-order valence-corrected chi connectivity index (χ1v) is 6.43. The molecule has 0 N–H and O–H groups in total. The Morgan fingerprint density at radius 1 is 1.29 bits per heavy atom. The lowest BCUT2D eigenvalue weighted by Crippen LogP contribution is -2.20. The normalized spacial score (nSPS) is 11.2. The lowest BCUT2D eigenvalue weighted by atomic mass is 9.99. The third kappa shape index (κ3) is 4.04. The molecule has 0 saturated carbocycles. The summed E-state index contributed by atoms with van der Waals surface area (Å²) in [4.78, 5) is 2.32. The maximum absolute atomic E-state index is 5.43. The Hall–Kier alpha value is -1.02. The summed E-state index contributed by atoms with van der Waals surface area (Å²) in [7, 11) is 3.90. The van der Waals surface area contributed by atoms with Crippen LogP contribution in [0.2, 0.25) is 0 Å². The van der Waals surface area contributed by atoms with Crippen LogP contribution in [0.3, 0.4) is 0 Å². The van der Waals surface area contributed by atoms with Gasteiger partial charge in [-0.15, -0.1) is 0 Å². The van der Waals surface area contributed by atoms with Gasteiger partial charge in [-0.1, -0.05) is 32.9 Å². The van der Waals surface area contributed by atoms with Crippen LogP contribution >= 0.6 is 0 Å². The Morgan fingerprint density at radius 3 is 2.53 bits per heavy atom. The molecule has 0 bridgehead atoms. The minimum absolute atomic E-state index is 0.573. The van der Waals surface area contributed by atoms with Crippen LogP contribution in [0.4, 0.5) is 0 Å². The fourth-order valence-electron chi connectivity index (χ4n) is 1.82. The summed E-state index contributed by atoms with van der Waals surface area (Å²) in [6.45, 7) is 8.80. The van der Waals surface area contributed by atoms with Gasteiger partial charge in [-0.05, 0) is 43.1 Å². The highest BCUT2D eigenvalue weighted by Gasteiger charge is 2.07. The quantitative estimate of drug-likeness (QED) is 0.750. The Bertz CT molecular complexity index is 347. The smallest absolute Gasteiger partial charge is 0.122 e. The molecule has 96 valence electrons. The first kappa shape index (κ1) is 14.0. The summed E-state index contributed by atoms with van der Waals surface area (Å²) in [6.07, 6.45) is 1.05. The zero-order valence-corrected chi connectivity index (χ0v) is 11.8. The van der Waals surface area contributed by atoms with Gasteiger partial charge in [0.2, 0.25) is 0 Å². The Morgan fingerprint density at radius 2 is 2.00 bits per heavy atom. The van der Waals surface area contributed by atoms with E-state index in [-0.39, 0.29) is 0 Å². The van der Waals surface area contributed by atoms with Crippen molar-refractivity contribution in [3.8, 4) is 5.75 Å². The van der Waals surface area contributed by atoms with Crippen LogP contribution in [-0.4, -0.2) is 32.1 Å². The zero-order valence-electron chi connectivity index (χ0n) is 11.8. The topological polar surface area (TPSA) is 12.5 Å². The maximum Gasteiger partial charge on any atom is 0.122 e. The van der Waals surface area contributed by atoms with E-state index in [2.05, 4.69) is 50.9 Å². The van der Waals surface area contributed by atoms with E-state index in [4.69, 9.17) is 4.74 Å². The Labute approximate surface area is 106 Å². The first-order valence-electron chi connectivity index (χ1n) is 6.43. The molecule has 17 heavy (non-hydrogen) atoms. The molecule has 0 spiro atoms. The summed E-state index contributed by atoms with van der Waals surface area (Å²) in [6, 6.07) is 6.54. The van der Waals surface area contributed by atoms with Crippen LogP contribution < -0.4 is 4.74 Å². The van der Waals surface area contributed by atoms with Crippen molar-refractivity contribution >= 4 is 0 Å². The van der Waals surface area contributed by atoms with Crippen LogP contribution in [-0.2, 0) is 6.42 Å². The minimum Gasteiger partial charge on any atom is -0.496 e. The molecule has 0 unspecified atom stereocenters. The van der Waals surface area contributed by atoms with Gasteiger partial charge in [0.15, 0.2) is 0 Å². The number of hydrogen-bond donors (Lipinski definition) is 0. The number of nitrogens with zero attached hydrogens (tertiary/aromatic N) is 1. The molecular formula is C15H25NO. The highest BCUT2D eigenvalue weighted by atomic mass is 16.5. The van der Waals surface area contributed by atoms with Crippen LogP contribution in [0.15, 0.2) is 18.2 Å². The molecule has 0 radical (unpaired) electrons. The van der Waals surface area contributed by atoms with Crippen molar-refractivity contribution in [3.05, 3.63) is 29.3 Å². The molecule has 0 heterocycles. The van der Waals surface area contributed by atoms with Crippen molar-refractivity contribution in [2.45, 2.75) is 33.1 Å². The largest absolute Gasteiger partial charge is 0.496 e. The summed E-state index contributed by atoms with van der Waals surface area (Å²) in [5.74, 6) is 1.59. The molecule has 2 nitrogen and oxygen atoms in total. The van der Waals surface area contributed by atoms with Gasteiger partial charge in [-0.3, -0.25) is 0 Å². The molecule has 0 aliphatic rings. The highest BCUT2D eigenvalue weighted by Crippen LogP contribution is 2.24. The van der Waals surface area contributed by atoms with E-state index in [0.29, 0.717) is 5.92 Å². The summed E-state index contributed by atoms with van der Waals surface area (Å²) < 4.78 is 5.43. The van der Waals surface area contributed by atoms with E-state index in [0.717, 1.165) is 25.3 Å². The molecule has 0 amide bonds. The summed E-state index contributed by atoms with van der Waals surface area (Å²) >= 11 is 0. The second-order valence-electron chi connectivity index (χ2n) is 4.87. The lowest BCUT2D eigenvalue weighted by molar-refractivity contribution is 0.352. The number of hydrogen-bond acceptors (Lipinski definition) is 2. The van der Waals surface area contributed by atoms with Gasteiger partial charge in [-0.25, -0.2) is 0 Å². The molecule has 1 aromatic carbocycles. The SMILES string of the molecule is CCN(C)CCc1cc(C(C)C)ccc1OC. The number of rotatable bonds is 6. The monoisotopic (exact) mass is 235 g/mol. The molecule has 0 atom stereocenters. The maximum atomic E-state index is 5.43. The standard InChI is InChI=1S/C15H25NO/c1-6-16(4)10-9-14-11-13(12(2)3)7-8-15(14)17-5/h7-8,11-12H,6,9-10H2,1-5H3. The van der Waals surface area contributed by atoms with Crippen molar-refractivity contribution < 1.29 is 4.74 Å². The van der Waals surface area contributed by atoms with Gasteiger partial charge in [-0.2, -0.15) is 0 Å². The van der Waals surface area contributed by atoms with Gasteiger partial charge in [0.05, 0.1) is 7.11 Å². The van der Waals surface area contributed by atoms with Gasteiger partial charge < -0.3 is 9.64 Å². The number of likely N-dealkylation sites (N-methyl/N-ethyl adjacent to an activating group) is 1. The molecule has 0 aromatic heterocycles. The number of ether oxygens (including phenoxy) is 1. The Balaban J connectivity index is 2.82. The minimum atomic E-state index is 0.573. The zero-order chi connectivity index (χ0) is 12.8. The molecule has 0 fully saturated rings. The van der Waals surface area contributed by atoms with E-state index in [1.54, 1.807) is 7.11 Å². The van der Waals surface area contributed by atoms with Crippen LogP contribution in [0.1, 0.15) is 37.8 Å². The molecule has 0 saturated heterocycles. The second kappa shape index (κ2) is 6.65. The van der Waals surface area contributed by atoms with Crippen molar-refractivity contribution in [1.29, 1.82) is 0 Å². The molecule has 1 rings (SSSR count). The van der Waals surface area contributed by atoms with Crippen molar-refractivity contribution in [1.82, 2.24) is 4.90 Å². The van der Waals surface area contributed by atoms with Crippen molar-refractivity contribution in [2.24, 2.45) is 0 Å². The molecular weight excluding hydrogens is 210 g/mol. The second-order valence-corrected chi connectivity index (χ2v) is 4.87. The van der Waals surface area contributed by atoms with Crippen molar-refractivity contribution in [3.63, 3.8) is 0 Å². The summed E-state index contributed by atoms with van der Waals surface area (Å²) in [5.41, 5.74) is 2.71. The predicted octanol–water partition coefficient (Wildman–Crippen LogP) is 3.31. The van der Waals surface area contributed by atoms with Crippen LogP contribution in [0, 0.1) is 0 Å². The van der Waals surface area contributed by atoms with Gasteiger partial charge in [0.25, 0.3) is 0 Å². The number of methoxy groups -OCH3 is 1. The molecule has 2 heteroatoms. The van der Waals surface area contributed by atoms with Crippen LogP contribution in [0.25, 0.3) is 0 Å². The fraction of sp³-hybridized carbons (Fsp3) is 0.600. The lowest BCUT2D eigenvalue weighted by Gasteiger charge is -2.16. The van der Waals surface area contributed by atoms with Gasteiger partial charge >= 0.3 is 0 Å². The molecule has 1 aromatic rings. The van der Waals surface area contributed by atoms with Gasteiger partial charge in [0.1, 0.15) is 5.75 Å². The van der Waals surface area contributed by atoms with Gasteiger partial charge in [0, 0.05) is 6.54 Å². The molecule has 0 aliphatic heterocycles. The Kier molecular flexibility index (Phi) is 5.49. The third-order valence-corrected chi connectivity index (χ3v) is 3.27. The predicted molar refractivity (Wildman–Crippen MR) is 74.0 cm³/mol. The average Bonchev–Trinajstić information content (AvgIpc) is 2.35. The van der Waals surface area contributed by atoms with E-state index in [1.165, 1.54) is 11.1 Å². The fourth-order valence-corrected chi connectivity index (χ4v) is 1.82. The first-order chi connectivity index (χ1) is 8.08. The molecule has 0 aliphatic carbocycles. The van der Waals surface area contributed by atoms with Crippen LogP contribution in [0.5, 0.6) is 5.75 Å².